The molecule has 3 heteroatoms. The van der Waals surface area contributed by atoms with E-state index < -0.39 is 0 Å². The molecule has 0 saturated heterocycles. The molecule has 0 amide bonds. The Morgan fingerprint density at radius 1 is 1.21 bits per heavy atom. The van der Waals surface area contributed by atoms with Crippen LogP contribution in [0.1, 0.15) is 31.9 Å². The molecule has 0 unspecified atom stereocenters. The first-order valence-electron chi connectivity index (χ1n) is 6.94. The molecule has 1 aromatic rings. The number of methoxy groups -OCH3 is 1. The molecular formula is C16H28N2O. The van der Waals surface area contributed by atoms with Crippen LogP contribution < -0.4 is 10.5 Å². The molecule has 0 aliphatic heterocycles. The van der Waals surface area contributed by atoms with Crippen LogP contribution in [0, 0.1) is 0 Å². The van der Waals surface area contributed by atoms with Crippen LogP contribution in [-0.2, 0) is 11.8 Å². The van der Waals surface area contributed by atoms with Gasteiger partial charge in [0.25, 0.3) is 0 Å². The van der Waals surface area contributed by atoms with Crippen molar-refractivity contribution in [2.24, 2.45) is 5.73 Å². The number of ether oxygens (including phenoxy) is 1. The van der Waals surface area contributed by atoms with Gasteiger partial charge in [-0.15, -0.1) is 0 Å². The van der Waals surface area contributed by atoms with Crippen LogP contribution in [0.4, 0.5) is 0 Å². The van der Waals surface area contributed by atoms with Crippen molar-refractivity contribution in [3.05, 3.63) is 29.3 Å². The minimum atomic E-state index is 0.171. The number of benzene rings is 1. The summed E-state index contributed by atoms with van der Waals surface area (Å²) < 4.78 is 5.46. The maximum atomic E-state index is 5.57. The lowest BCUT2D eigenvalue weighted by Crippen LogP contribution is -2.27. The molecule has 0 fully saturated rings. The Hall–Kier alpha value is -1.06. The fraction of sp³-hybridized carbons (Fsp3) is 0.625. The molecule has 108 valence electrons. The van der Waals surface area contributed by atoms with Crippen LogP contribution >= 0.6 is 0 Å². The lowest BCUT2D eigenvalue weighted by Gasteiger charge is -2.22. The highest BCUT2D eigenvalue weighted by molar-refractivity contribution is 5.39. The minimum Gasteiger partial charge on any atom is -0.496 e. The molecule has 3 nitrogen and oxygen atoms in total. The fourth-order valence-corrected chi connectivity index (χ4v) is 2.08. The lowest BCUT2D eigenvalue weighted by molar-refractivity contribution is 0.343. The standard InChI is InChI=1S/C16H28N2O/c1-16(2,3)14-6-7-15(19-5)13(12-14)8-10-18(4)11-9-17/h6-7,12H,8-11,17H2,1-5H3. The Balaban J connectivity index is 2.84. The fourth-order valence-electron chi connectivity index (χ4n) is 2.08. The first-order chi connectivity index (χ1) is 8.88. The average molecular weight is 264 g/mol. The van der Waals surface area contributed by atoms with Crippen molar-refractivity contribution in [1.82, 2.24) is 4.90 Å². The highest BCUT2D eigenvalue weighted by Crippen LogP contribution is 2.28. The molecule has 0 heterocycles. The van der Waals surface area contributed by atoms with E-state index in [0.717, 1.165) is 25.3 Å². The second-order valence-electron chi connectivity index (χ2n) is 6.12. The topological polar surface area (TPSA) is 38.5 Å². The quantitative estimate of drug-likeness (QED) is 0.857. The van der Waals surface area contributed by atoms with Gasteiger partial charge in [0.15, 0.2) is 0 Å². The maximum Gasteiger partial charge on any atom is 0.122 e. The molecule has 2 N–H and O–H groups in total. The molecule has 0 aromatic heterocycles. The summed E-state index contributed by atoms with van der Waals surface area (Å²) in [4.78, 5) is 2.25. The van der Waals surface area contributed by atoms with Crippen LogP contribution in [0.2, 0.25) is 0 Å². The van der Waals surface area contributed by atoms with Crippen LogP contribution in [0.15, 0.2) is 18.2 Å². The van der Waals surface area contributed by atoms with Crippen molar-refractivity contribution < 1.29 is 4.74 Å². The third kappa shape index (κ3) is 4.84. The predicted octanol–water partition coefficient (Wildman–Crippen LogP) is 2.43. The summed E-state index contributed by atoms with van der Waals surface area (Å²) in [6.07, 6.45) is 0.990. The van der Waals surface area contributed by atoms with Gasteiger partial charge in [-0.3, -0.25) is 0 Å². The minimum absolute atomic E-state index is 0.171. The van der Waals surface area contributed by atoms with Crippen molar-refractivity contribution in [2.75, 3.05) is 33.8 Å². The zero-order chi connectivity index (χ0) is 14.5. The molecule has 1 aromatic carbocycles. The zero-order valence-corrected chi connectivity index (χ0v) is 13.0. The third-order valence-electron chi connectivity index (χ3n) is 3.42. The highest BCUT2D eigenvalue weighted by Gasteiger charge is 2.15. The third-order valence-corrected chi connectivity index (χ3v) is 3.42. The molecule has 0 radical (unpaired) electrons. The van der Waals surface area contributed by atoms with E-state index in [2.05, 4.69) is 50.9 Å². The summed E-state index contributed by atoms with van der Waals surface area (Å²) in [6.45, 7) is 9.34. The number of nitrogens with zero attached hydrogens (tertiary/aromatic N) is 1. The molecule has 0 atom stereocenters. The molecule has 19 heavy (non-hydrogen) atoms. The average Bonchev–Trinajstić information content (AvgIpc) is 2.35. The van der Waals surface area contributed by atoms with E-state index in [-0.39, 0.29) is 5.41 Å². The largest absolute Gasteiger partial charge is 0.496 e. The van der Waals surface area contributed by atoms with Gasteiger partial charge in [0.05, 0.1) is 7.11 Å². The Morgan fingerprint density at radius 2 is 1.89 bits per heavy atom. The molecule has 0 aliphatic carbocycles. The first-order valence-corrected chi connectivity index (χ1v) is 6.94. The SMILES string of the molecule is COc1ccc(C(C)(C)C)cc1CCN(C)CCN. The molecule has 0 bridgehead atoms. The normalized spacial score (nSPS) is 11.9. The lowest BCUT2D eigenvalue weighted by atomic mass is 9.85. The van der Waals surface area contributed by atoms with Gasteiger partial charge in [-0.25, -0.2) is 0 Å². The van der Waals surface area contributed by atoms with Gasteiger partial charge in [-0.05, 0) is 36.1 Å². The van der Waals surface area contributed by atoms with Crippen LogP contribution in [0.5, 0.6) is 5.75 Å². The van der Waals surface area contributed by atoms with E-state index >= 15 is 0 Å². The maximum absolute atomic E-state index is 5.57. The van der Waals surface area contributed by atoms with Crippen molar-refractivity contribution in [3.8, 4) is 5.75 Å². The van der Waals surface area contributed by atoms with Gasteiger partial charge in [0.2, 0.25) is 0 Å². The summed E-state index contributed by atoms with van der Waals surface area (Å²) >= 11 is 0. The summed E-state index contributed by atoms with van der Waals surface area (Å²) in [6, 6.07) is 6.51. The summed E-state index contributed by atoms with van der Waals surface area (Å²) in [5.74, 6) is 0.981. The Labute approximate surface area is 117 Å². The zero-order valence-electron chi connectivity index (χ0n) is 13.0. The van der Waals surface area contributed by atoms with E-state index in [4.69, 9.17) is 10.5 Å². The number of hydrogen-bond donors (Lipinski definition) is 1. The second kappa shape index (κ2) is 6.92. The van der Waals surface area contributed by atoms with Gasteiger partial charge in [0, 0.05) is 19.6 Å². The Bertz CT molecular complexity index is 396. The van der Waals surface area contributed by atoms with E-state index in [1.54, 1.807) is 7.11 Å². The summed E-state index contributed by atoms with van der Waals surface area (Å²) in [7, 11) is 3.84. The van der Waals surface area contributed by atoms with Gasteiger partial charge >= 0.3 is 0 Å². The molecule has 0 spiro atoms. The Morgan fingerprint density at radius 3 is 2.42 bits per heavy atom. The van der Waals surface area contributed by atoms with Crippen molar-refractivity contribution >= 4 is 0 Å². The van der Waals surface area contributed by atoms with Crippen molar-refractivity contribution in [3.63, 3.8) is 0 Å². The number of likely N-dealkylation sites (N-methyl/N-ethyl adjacent to an activating group) is 1. The number of rotatable bonds is 6. The van der Waals surface area contributed by atoms with Crippen molar-refractivity contribution in [1.29, 1.82) is 0 Å². The van der Waals surface area contributed by atoms with E-state index in [1.165, 1.54) is 11.1 Å². The molecule has 0 aliphatic rings. The summed E-state index contributed by atoms with van der Waals surface area (Å²) in [5, 5.41) is 0. The second-order valence-corrected chi connectivity index (χ2v) is 6.12. The van der Waals surface area contributed by atoms with Gasteiger partial charge in [-0.1, -0.05) is 32.9 Å². The van der Waals surface area contributed by atoms with E-state index in [1.807, 2.05) is 0 Å². The summed E-state index contributed by atoms with van der Waals surface area (Å²) in [5.41, 5.74) is 8.37. The number of hydrogen-bond acceptors (Lipinski definition) is 3. The van der Waals surface area contributed by atoms with Gasteiger partial charge in [-0.2, -0.15) is 0 Å². The molecule has 1 rings (SSSR count). The van der Waals surface area contributed by atoms with Crippen LogP contribution in [-0.4, -0.2) is 38.7 Å². The highest BCUT2D eigenvalue weighted by atomic mass is 16.5. The predicted molar refractivity (Wildman–Crippen MR) is 81.9 cm³/mol. The van der Waals surface area contributed by atoms with E-state index in [0.29, 0.717) is 6.54 Å². The molecular weight excluding hydrogens is 236 g/mol. The van der Waals surface area contributed by atoms with Crippen LogP contribution in [0.3, 0.4) is 0 Å². The smallest absolute Gasteiger partial charge is 0.122 e. The van der Waals surface area contributed by atoms with Crippen molar-refractivity contribution in [2.45, 2.75) is 32.6 Å². The van der Waals surface area contributed by atoms with Gasteiger partial charge in [0.1, 0.15) is 5.75 Å². The van der Waals surface area contributed by atoms with E-state index in [9.17, 15) is 0 Å². The number of nitrogens with two attached hydrogens (primary N) is 1. The van der Waals surface area contributed by atoms with Crippen LogP contribution in [0.25, 0.3) is 0 Å². The first kappa shape index (κ1) is 16.0. The Kier molecular flexibility index (Phi) is 5.83. The molecule has 0 saturated carbocycles. The monoisotopic (exact) mass is 264 g/mol. The van der Waals surface area contributed by atoms with Gasteiger partial charge < -0.3 is 15.4 Å².